The fourth-order valence-corrected chi connectivity index (χ4v) is 3.09. The Labute approximate surface area is 121 Å². The van der Waals surface area contributed by atoms with Crippen LogP contribution in [0.3, 0.4) is 0 Å². The van der Waals surface area contributed by atoms with Crippen molar-refractivity contribution in [3.05, 3.63) is 34.9 Å². The van der Waals surface area contributed by atoms with E-state index in [2.05, 4.69) is 6.92 Å². The smallest absolute Gasteiger partial charge is 0.335 e. The van der Waals surface area contributed by atoms with Crippen molar-refractivity contribution in [3.8, 4) is 0 Å². The Morgan fingerprint density at radius 3 is 2.45 bits per heavy atom. The topological polar surface area (TPSA) is 71.4 Å². The first-order valence-corrected chi connectivity index (χ1v) is 8.19. The quantitative estimate of drug-likeness (QED) is 0.570. The highest BCUT2D eigenvalue weighted by molar-refractivity contribution is 7.72. The predicted octanol–water partition coefficient (Wildman–Crippen LogP) is 3.32. The highest BCUT2D eigenvalue weighted by atomic mass is 32.2. The monoisotopic (exact) mass is 298 g/mol. The zero-order valence-corrected chi connectivity index (χ0v) is 12.9. The van der Waals surface area contributed by atoms with E-state index in [1.807, 2.05) is 0 Å². The minimum atomic E-state index is -2.55. The lowest BCUT2D eigenvalue weighted by Crippen LogP contribution is -2.05. The van der Waals surface area contributed by atoms with Crippen LogP contribution in [0, 0.1) is 6.92 Å². The summed E-state index contributed by atoms with van der Waals surface area (Å²) in [4.78, 5) is 11.0. The summed E-state index contributed by atoms with van der Waals surface area (Å²) in [7, 11) is -2.55. The molecule has 0 heterocycles. The maximum absolute atomic E-state index is 11.4. The fourth-order valence-electron chi connectivity index (χ4n) is 2.29. The molecule has 0 amide bonds. The highest BCUT2D eigenvalue weighted by Crippen LogP contribution is 2.25. The number of aryl methyl sites for hydroxylation is 1. The molecule has 0 aromatic heterocycles. The van der Waals surface area contributed by atoms with Gasteiger partial charge >= 0.3 is 5.97 Å². The first-order valence-electron chi connectivity index (χ1n) is 6.94. The van der Waals surface area contributed by atoms with Gasteiger partial charge in [-0.3, -0.25) is 0 Å². The second-order valence-corrected chi connectivity index (χ2v) is 6.22. The minimum absolute atomic E-state index is 0.222. The van der Waals surface area contributed by atoms with Gasteiger partial charge in [-0.25, -0.2) is 13.2 Å². The second-order valence-electron chi connectivity index (χ2n) is 5.03. The Hall–Kier alpha value is -1.36. The van der Waals surface area contributed by atoms with Crippen LogP contribution in [-0.2, 0) is 10.7 Å². The van der Waals surface area contributed by atoms with Crippen molar-refractivity contribution < 1.29 is 18.3 Å². The molecule has 1 atom stereocenters. The Balaban J connectivity index is 2.87. The van der Waals surface area contributed by atoms with Crippen LogP contribution >= 0.6 is 0 Å². The van der Waals surface area contributed by atoms with Crippen molar-refractivity contribution >= 4 is 16.7 Å². The molecule has 0 aliphatic rings. The number of unbranched alkanes of at least 4 members (excludes halogenated alkanes) is 3. The summed E-state index contributed by atoms with van der Waals surface area (Å²) in [5.74, 6) is -0.986. The van der Waals surface area contributed by atoms with Gasteiger partial charge in [0.15, 0.2) is 0 Å². The zero-order chi connectivity index (χ0) is 15.1. The summed E-state index contributed by atoms with van der Waals surface area (Å²) in [6, 6.07) is 4.79. The number of hydrogen-bond acceptors (Lipinski definition) is 3. The van der Waals surface area contributed by atoms with Gasteiger partial charge in [-0.05, 0) is 30.5 Å². The molecule has 1 aromatic rings. The molecule has 20 heavy (non-hydrogen) atoms. The number of carboxylic acids is 1. The fraction of sp³-hybridized carbons (Fsp3) is 0.533. The molecule has 1 unspecified atom stereocenters. The molecule has 4 nitrogen and oxygen atoms in total. The normalized spacial score (nSPS) is 12.6. The van der Waals surface area contributed by atoms with Gasteiger partial charge in [0.25, 0.3) is 0 Å². The molecule has 0 bridgehead atoms. The molecule has 1 N–H and O–H groups in total. The van der Waals surface area contributed by atoms with E-state index in [1.54, 1.807) is 19.1 Å². The molecule has 0 aliphatic carbocycles. The number of rotatable bonds is 8. The van der Waals surface area contributed by atoms with Crippen LogP contribution in [0.15, 0.2) is 18.2 Å². The molecule has 1 aromatic carbocycles. The first-order chi connectivity index (χ1) is 9.47. The maximum atomic E-state index is 11.4. The van der Waals surface area contributed by atoms with Crippen molar-refractivity contribution in [1.82, 2.24) is 0 Å². The van der Waals surface area contributed by atoms with Crippen molar-refractivity contribution in [2.45, 2.75) is 51.2 Å². The lowest BCUT2D eigenvalue weighted by atomic mass is 10.00. The average molecular weight is 298 g/mol. The van der Waals surface area contributed by atoms with Gasteiger partial charge in [0, 0.05) is 0 Å². The van der Waals surface area contributed by atoms with E-state index in [4.69, 9.17) is 5.11 Å². The lowest BCUT2D eigenvalue weighted by molar-refractivity contribution is 0.0696. The highest BCUT2D eigenvalue weighted by Gasteiger charge is 2.16. The third-order valence-corrected chi connectivity index (χ3v) is 4.52. The second kappa shape index (κ2) is 8.04. The third-order valence-electron chi connectivity index (χ3n) is 3.45. The molecule has 0 saturated heterocycles. The van der Waals surface area contributed by atoms with E-state index < -0.39 is 21.9 Å². The Morgan fingerprint density at radius 2 is 1.95 bits per heavy atom. The molecule has 1 rings (SSSR count). The molecule has 0 fully saturated rings. The van der Waals surface area contributed by atoms with Gasteiger partial charge in [0.1, 0.15) is 10.7 Å². The van der Waals surface area contributed by atoms with Crippen LogP contribution in [0.2, 0.25) is 0 Å². The summed E-state index contributed by atoms with van der Waals surface area (Å²) in [6.45, 7) is 3.80. The average Bonchev–Trinajstić information content (AvgIpc) is 2.37. The Bertz CT molecular complexity index is 527. The largest absolute Gasteiger partial charge is 0.478 e. The van der Waals surface area contributed by atoms with E-state index in [1.165, 1.54) is 6.07 Å². The lowest BCUT2D eigenvalue weighted by Gasteiger charge is -2.12. The SMILES string of the molecule is CCCCCCC(c1ccc(C(=O)O)c(C)c1)[SH](=O)=O. The Kier molecular flexibility index (Phi) is 6.71. The predicted molar refractivity (Wildman–Crippen MR) is 80.0 cm³/mol. The summed E-state index contributed by atoms with van der Waals surface area (Å²) in [5.41, 5.74) is 1.52. The number of carboxylic acid groups (broad SMARTS) is 1. The van der Waals surface area contributed by atoms with E-state index in [-0.39, 0.29) is 5.56 Å². The zero-order valence-electron chi connectivity index (χ0n) is 12.0. The minimum Gasteiger partial charge on any atom is -0.478 e. The molecule has 112 valence electrons. The molecule has 5 heteroatoms. The standard InChI is InChI=1S/C15H22O4S/c1-3-4-5-6-7-14(20(18)19)12-8-9-13(15(16)17)11(2)10-12/h8-10,14,20H,3-7H2,1-2H3,(H,16,17). The summed E-state index contributed by atoms with van der Waals surface area (Å²) in [5, 5.41) is 8.47. The number of thiol groups is 1. The van der Waals surface area contributed by atoms with E-state index in [0.29, 0.717) is 17.5 Å². The van der Waals surface area contributed by atoms with E-state index in [9.17, 15) is 13.2 Å². The number of carbonyl (C=O) groups is 1. The van der Waals surface area contributed by atoms with Crippen LogP contribution in [0.25, 0.3) is 0 Å². The van der Waals surface area contributed by atoms with Gasteiger partial charge in [-0.1, -0.05) is 44.7 Å². The van der Waals surface area contributed by atoms with Crippen molar-refractivity contribution in [1.29, 1.82) is 0 Å². The molecule has 0 radical (unpaired) electrons. The van der Waals surface area contributed by atoms with E-state index >= 15 is 0 Å². The van der Waals surface area contributed by atoms with Crippen molar-refractivity contribution in [3.63, 3.8) is 0 Å². The van der Waals surface area contributed by atoms with Crippen molar-refractivity contribution in [2.24, 2.45) is 0 Å². The number of aromatic carboxylic acids is 1. The molecular weight excluding hydrogens is 276 g/mol. The van der Waals surface area contributed by atoms with Crippen LogP contribution < -0.4 is 0 Å². The summed E-state index contributed by atoms with van der Waals surface area (Å²) in [6.07, 6.45) is 4.73. The summed E-state index contributed by atoms with van der Waals surface area (Å²) < 4.78 is 22.8. The number of hydrogen-bond donors (Lipinski definition) is 2. The van der Waals surface area contributed by atoms with Gasteiger partial charge in [0.2, 0.25) is 0 Å². The molecule has 0 spiro atoms. The molecule has 0 saturated carbocycles. The van der Waals surface area contributed by atoms with Crippen LogP contribution in [0.1, 0.15) is 65.8 Å². The van der Waals surface area contributed by atoms with E-state index in [0.717, 1.165) is 25.7 Å². The molecular formula is C15H22O4S. The Morgan fingerprint density at radius 1 is 1.25 bits per heavy atom. The van der Waals surface area contributed by atoms with Gasteiger partial charge < -0.3 is 5.11 Å². The number of benzene rings is 1. The van der Waals surface area contributed by atoms with Gasteiger partial charge in [-0.15, -0.1) is 0 Å². The molecule has 0 aliphatic heterocycles. The van der Waals surface area contributed by atoms with Gasteiger partial charge in [-0.2, -0.15) is 0 Å². The van der Waals surface area contributed by atoms with Crippen LogP contribution in [0.5, 0.6) is 0 Å². The van der Waals surface area contributed by atoms with Crippen LogP contribution in [-0.4, -0.2) is 19.5 Å². The summed E-state index contributed by atoms with van der Waals surface area (Å²) >= 11 is 0. The first kappa shape index (κ1) is 16.7. The third kappa shape index (κ3) is 4.63. The maximum Gasteiger partial charge on any atom is 0.335 e. The van der Waals surface area contributed by atoms with Gasteiger partial charge in [0.05, 0.1) is 10.8 Å². The van der Waals surface area contributed by atoms with Crippen LogP contribution in [0.4, 0.5) is 0 Å². The van der Waals surface area contributed by atoms with Crippen molar-refractivity contribution in [2.75, 3.05) is 0 Å².